The molecule has 0 spiro atoms. The number of piperazine rings is 1. The van der Waals surface area contributed by atoms with Crippen molar-refractivity contribution in [2.24, 2.45) is 0 Å². The Hall–Kier alpha value is -2.64. The highest BCUT2D eigenvalue weighted by molar-refractivity contribution is 9.10. The number of amides is 2. The topological polar surface area (TPSA) is 68.4 Å². The van der Waals surface area contributed by atoms with Crippen LogP contribution >= 0.6 is 15.9 Å². The quantitative estimate of drug-likeness (QED) is 0.607. The summed E-state index contributed by atoms with van der Waals surface area (Å²) in [7, 11) is 0. The minimum atomic E-state index is -0.275. The molecule has 3 aromatic rings. The number of benzene rings is 2. The van der Waals surface area contributed by atoms with Crippen LogP contribution < -0.4 is 5.32 Å². The van der Waals surface area contributed by atoms with Crippen LogP contribution in [0.3, 0.4) is 0 Å². The largest absolute Gasteiger partial charge is 0.351 e. The molecule has 2 heterocycles. The Morgan fingerprint density at radius 3 is 2.50 bits per heavy atom. The highest BCUT2D eigenvalue weighted by Gasteiger charge is 2.28. The van der Waals surface area contributed by atoms with Crippen LogP contribution in [0.15, 0.2) is 53.0 Å². The van der Waals surface area contributed by atoms with Gasteiger partial charge in [0, 0.05) is 41.6 Å². The zero-order valence-electron chi connectivity index (χ0n) is 17.1. The second-order valence-electron chi connectivity index (χ2n) is 7.75. The lowest BCUT2D eigenvalue weighted by atomic mass is 10.2. The number of hydrogen-bond donors (Lipinski definition) is 2. The molecule has 6 nitrogen and oxygen atoms in total. The molecule has 2 aromatic carbocycles. The van der Waals surface area contributed by atoms with Crippen LogP contribution in [-0.2, 0) is 4.79 Å². The van der Waals surface area contributed by atoms with E-state index in [2.05, 4.69) is 31.1 Å². The first-order valence-corrected chi connectivity index (χ1v) is 10.9. The molecule has 1 fully saturated rings. The Morgan fingerprint density at radius 2 is 1.80 bits per heavy atom. The monoisotopic (exact) mass is 468 g/mol. The average molecular weight is 469 g/mol. The van der Waals surface area contributed by atoms with Gasteiger partial charge in [0.25, 0.3) is 5.91 Å². The summed E-state index contributed by atoms with van der Waals surface area (Å²) in [6, 6.07) is 15.4. The van der Waals surface area contributed by atoms with Gasteiger partial charge in [0.2, 0.25) is 5.91 Å². The van der Waals surface area contributed by atoms with Gasteiger partial charge in [0.05, 0.1) is 11.7 Å². The van der Waals surface area contributed by atoms with E-state index in [1.807, 2.05) is 67.3 Å². The second-order valence-corrected chi connectivity index (χ2v) is 8.60. The van der Waals surface area contributed by atoms with E-state index in [9.17, 15) is 9.59 Å². The number of hydrogen-bond acceptors (Lipinski definition) is 3. The molecule has 2 amide bonds. The third-order valence-electron chi connectivity index (χ3n) is 5.67. The maximum atomic E-state index is 12.9. The van der Waals surface area contributed by atoms with Crippen molar-refractivity contribution in [3.8, 4) is 0 Å². The van der Waals surface area contributed by atoms with Gasteiger partial charge in [-0.15, -0.1) is 0 Å². The van der Waals surface area contributed by atoms with Gasteiger partial charge in [-0.2, -0.15) is 0 Å². The van der Waals surface area contributed by atoms with Crippen molar-refractivity contribution in [3.63, 3.8) is 0 Å². The Bertz CT molecular complexity index is 1050. The van der Waals surface area contributed by atoms with Crippen LogP contribution in [0.5, 0.6) is 0 Å². The molecule has 2 N–H and O–H groups in total. The molecule has 1 aliphatic rings. The number of rotatable bonds is 4. The molecule has 0 aliphatic carbocycles. The molecule has 1 unspecified atom stereocenters. The number of aryl methyl sites for hydroxylation is 1. The molecular formula is C23H25BrN4O2. The number of para-hydroxylation sites is 1. The van der Waals surface area contributed by atoms with Crippen molar-refractivity contribution in [1.29, 1.82) is 0 Å². The predicted molar refractivity (Wildman–Crippen MR) is 123 cm³/mol. The van der Waals surface area contributed by atoms with Gasteiger partial charge in [0.1, 0.15) is 5.69 Å². The third-order valence-corrected chi connectivity index (χ3v) is 6.33. The minimum Gasteiger partial charge on any atom is -0.351 e. The fourth-order valence-corrected chi connectivity index (χ4v) is 4.39. The first-order chi connectivity index (χ1) is 14.4. The number of aromatic amines is 1. The standard InChI is InChI=1S/C23H25BrN4O2/c1-15-7-8-20(18(24)13-15)26-22(29)16(2)27-9-11-28(12-10-27)23(30)21-14-17-5-3-4-6-19(17)25-21/h3-8,13-14,16,25H,9-12H2,1-2H3,(H,26,29). The number of anilines is 1. The lowest BCUT2D eigenvalue weighted by Gasteiger charge is -2.37. The smallest absolute Gasteiger partial charge is 0.270 e. The molecule has 1 atom stereocenters. The van der Waals surface area contributed by atoms with Crippen molar-refractivity contribution in [1.82, 2.24) is 14.8 Å². The molecule has 156 valence electrons. The highest BCUT2D eigenvalue weighted by atomic mass is 79.9. The summed E-state index contributed by atoms with van der Waals surface area (Å²) in [5, 5.41) is 4.03. The van der Waals surface area contributed by atoms with Crippen molar-refractivity contribution < 1.29 is 9.59 Å². The zero-order chi connectivity index (χ0) is 21.3. The first kappa shape index (κ1) is 20.6. The van der Waals surface area contributed by atoms with E-state index in [4.69, 9.17) is 0 Å². The van der Waals surface area contributed by atoms with E-state index in [1.54, 1.807) is 0 Å². The summed E-state index contributed by atoms with van der Waals surface area (Å²) < 4.78 is 0.872. The number of aromatic nitrogens is 1. The normalized spacial score (nSPS) is 15.9. The van der Waals surface area contributed by atoms with E-state index in [0.29, 0.717) is 31.9 Å². The zero-order valence-corrected chi connectivity index (χ0v) is 18.7. The number of halogens is 1. The van der Waals surface area contributed by atoms with E-state index in [0.717, 1.165) is 26.6 Å². The number of fused-ring (bicyclic) bond motifs is 1. The summed E-state index contributed by atoms with van der Waals surface area (Å²) in [6.07, 6.45) is 0. The van der Waals surface area contributed by atoms with Crippen LogP contribution in [-0.4, -0.2) is 58.8 Å². The summed E-state index contributed by atoms with van der Waals surface area (Å²) in [5.74, 6) is -0.0403. The summed E-state index contributed by atoms with van der Waals surface area (Å²) in [4.78, 5) is 32.8. The van der Waals surface area contributed by atoms with Gasteiger partial charge < -0.3 is 15.2 Å². The van der Waals surface area contributed by atoms with Crippen molar-refractivity contribution in [2.75, 3.05) is 31.5 Å². The minimum absolute atomic E-state index is 0.00606. The SMILES string of the molecule is Cc1ccc(NC(=O)C(C)N2CCN(C(=O)c3cc4ccccc4[nH]3)CC2)c(Br)c1. The number of H-pyrrole nitrogens is 1. The van der Waals surface area contributed by atoms with Crippen LogP contribution in [0, 0.1) is 6.92 Å². The Kier molecular flexibility index (Phi) is 5.92. The molecule has 7 heteroatoms. The fourth-order valence-electron chi connectivity index (χ4n) is 3.80. The number of carbonyl (C=O) groups is 2. The molecule has 0 saturated carbocycles. The molecule has 0 bridgehead atoms. The Balaban J connectivity index is 1.35. The van der Waals surface area contributed by atoms with E-state index in [1.165, 1.54) is 0 Å². The van der Waals surface area contributed by atoms with Crippen molar-refractivity contribution in [3.05, 3.63) is 64.3 Å². The van der Waals surface area contributed by atoms with Crippen LogP contribution in [0.4, 0.5) is 5.69 Å². The Labute approximate surface area is 184 Å². The maximum Gasteiger partial charge on any atom is 0.270 e. The maximum absolute atomic E-state index is 12.9. The predicted octanol–water partition coefficient (Wildman–Crippen LogP) is 4.02. The average Bonchev–Trinajstić information content (AvgIpc) is 3.19. The van der Waals surface area contributed by atoms with Gasteiger partial charge >= 0.3 is 0 Å². The van der Waals surface area contributed by atoms with Crippen molar-refractivity contribution >= 4 is 44.3 Å². The number of nitrogens with one attached hydrogen (secondary N) is 2. The Morgan fingerprint density at radius 1 is 1.07 bits per heavy atom. The summed E-state index contributed by atoms with van der Waals surface area (Å²) in [6.45, 7) is 6.44. The van der Waals surface area contributed by atoms with Crippen LogP contribution in [0.1, 0.15) is 23.0 Å². The van der Waals surface area contributed by atoms with Gasteiger partial charge in [-0.1, -0.05) is 24.3 Å². The third kappa shape index (κ3) is 4.27. The molecule has 30 heavy (non-hydrogen) atoms. The molecule has 1 aliphatic heterocycles. The van der Waals surface area contributed by atoms with Crippen LogP contribution in [0.25, 0.3) is 10.9 Å². The lowest BCUT2D eigenvalue weighted by molar-refractivity contribution is -0.121. The fraction of sp³-hybridized carbons (Fsp3) is 0.304. The molecule has 0 radical (unpaired) electrons. The van der Waals surface area contributed by atoms with E-state index in [-0.39, 0.29) is 17.9 Å². The van der Waals surface area contributed by atoms with Gasteiger partial charge in [-0.3, -0.25) is 14.5 Å². The van der Waals surface area contributed by atoms with Gasteiger partial charge in [-0.25, -0.2) is 0 Å². The molecule has 4 rings (SSSR count). The van der Waals surface area contributed by atoms with Crippen molar-refractivity contribution in [2.45, 2.75) is 19.9 Å². The number of carbonyl (C=O) groups excluding carboxylic acids is 2. The second kappa shape index (κ2) is 8.62. The number of nitrogens with zero attached hydrogens (tertiary/aromatic N) is 2. The van der Waals surface area contributed by atoms with E-state index < -0.39 is 0 Å². The molecular weight excluding hydrogens is 444 g/mol. The van der Waals surface area contributed by atoms with E-state index >= 15 is 0 Å². The highest BCUT2D eigenvalue weighted by Crippen LogP contribution is 2.24. The van der Waals surface area contributed by atoms with Gasteiger partial charge in [-0.05, 0) is 59.6 Å². The lowest BCUT2D eigenvalue weighted by Crippen LogP contribution is -2.54. The molecule has 1 aromatic heterocycles. The molecule has 1 saturated heterocycles. The first-order valence-electron chi connectivity index (χ1n) is 10.1. The van der Waals surface area contributed by atoms with Gasteiger partial charge in [0.15, 0.2) is 0 Å². The van der Waals surface area contributed by atoms with Crippen LogP contribution in [0.2, 0.25) is 0 Å². The summed E-state index contributed by atoms with van der Waals surface area (Å²) >= 11 is 3.50. The summed E-state index contributed by atoms with van der Waals surface area (Å²) in [5.41, 5.74) is 3.47.